The van der Waals surface area contributed by atoms with Crippen LogP contribution in [0.2, 0.25) is 0 Å². The molecule has 2 aromatic carbocycles. The number of thioether (sulfide) groups is 1. The first-order chi connectivity index (χ1) is 10.7. The molecule has 0 saturated heterocycles. The normalized spacial score (nSPS) is 11.9. The van der Waals surface area contributed by atoms with Crippen molar-refractivity contribution in [2.45, 2.75) is 37.6 Å². The van der Waals surface area contributed by atoms with Gasteiger partial charge < -0.3 is 5.32 Å². The van der Waals surface area contributed by atoms with E-state index in [2.05, 4.69) is 55.6 Å². The summed E-state index contributed by atoms with van der Waals surface area (Å²) < 4.78 is 0. The highest BCUT2D eigenvalue weighted by Gasteiger charge is 2.12. The van der Waals surface area contributed by atoms with Gasteiger partial charge in [0.15, 0.2) is 0 Å². The van der Waals surface area contributed by atoms with Gasteiger partial charge in [-0.1, -0.05) is 55.0 Å². The van der Waals surface area contributed by atoms with E-state index < -0.39 is 0 Å². The third-order valence-corrected chi connectivity index (χ3v) is 4.58. The molecule has 0 saturated carbocycles. The molecule has 3 heteroatoms. The lowest BCUT2D eigenvalue weighted by Gasteiger charge is -2.17. The second-order valence-corrected chi connectivity index (χ2v) is 6.52. The van der Waals surface area contributed by atoms with Crippen LogP contribution in [-0.4, -0.2) is 11.7 Å². The summed E-state index contributed by atoms with van der Waals surface area (Å²) in [5.41, 5.74) is 2.42. The van der Waals surface area contributed by atoms with Crippen molar-refractivity contribution in [3.8, 4) is 0 Å². The third kappa shape index (κ3) is 5.23. The van der Waals surface area contributed by atoms with Crippen molar-refractivity contribution in [2.24, 2.45) is 0 Å². The molecule has 0 radical (unpaired) electrons. The molecular formula is C19H23NOS. The number of hydrogen-bond donors (Lipinski definition) is 1. The van der Waals surface area contributed by atoms with E-state index in [1.807, 2.05) is 18.2 Å². The standard InChI is InChI=1S/C19H23NOS/c1-3-18(16-11-9-15(2)10-12-16)20-19(21)13-14-22-17-7-5-4-6-8-17/h4-12,18H,3,13-14H2,1-2H3,(H,20,21)/t18-/m0/s1. The minimum atomic E-state index is 0.106. The highest BCUT2D eigenvalue weighted by atomic mass is 32.2. The van der Waals surface area contributed by atoms with Crippen molar-refractivity contribution < 1.29 is 4.79 Å². The van der Waals surface area contributed by atoms with E-state index in [-0.39, 0.29) is 11.9 Å². The zero-order chi connectivity index (χ0) is 15.8. The molecule has 2 rings (SSSR count). The number of benzene rings is 2. The third-order valence-electron chi connectivity index (χ3n) is 3.56. The van der Waals surface area contributed by atoms with E-state index >= 15 is 0 Å². The number of carbonyl (C=O) groups excluding carboxylic acids is 1. The molecule has 0 aliphatic rings. The fraction of sp³-hybridized carbons (Fsp3) is 0.316. The number of hydrogen-bond acceptors (Lipinski definition) is 2. The summed E-state index contributed by atoms with van der Waals surface area (Å²) in [6.07, 6.45) is 1.45. The van der Waals surface area contributed by atoms with E-state index in [4.69, 9.17) is 0 Å². The Kier molecular flexibility index (Phi) is 6.53. The van der Waals surface area contributed by atoms with Crippen LogP contribution in [0.15, 0.2) is 59.5 Å². The summed E-state index contributed by atoms with van der Waals surface area (Å²) in [7, 11) is 0. The molecule has 0 heterocycles. The molecule has 0 fully saturated rings. The van der Waals surface area contributed by atoms with Crippen LogP contribution >= 0.6 is 11.8 Å². The molecule has 0 bridgehead atoms. The van der Waals surface area contributed by atoms with Crippen molar-refractivity contribution in [1.82, 2.24) is 5.32 Å². The first-order valence-electron chi connectivity index (χ1n) is 7.73. The first-order valence-corrected chi connectivity index (χ1v) is 8.71. The fourth-order valence-corrected chi connectivity index (χ4v) is 3.14. The van der Waals surface area contributed by atoms with Gasteiger partial charge in [0.25, 0.3) is 0 Å². The molecule has 2 aromatic rings. The molecule has 116 valence electrons. The maximum absolute atomic E-state index is 12.1. The Morgan fingerprint density at radius 3 is 2.41 bits per heavy atom. The average Bonchev–Trinajstić information content (AvgIpc) is 2.54. The Labute approximate surface area is 137 Å². The summed E-state index contributed by atoms with van der Waals surface area (Å²) in [6.45, 7) is 4.17. The molecule has 1 N–H and O–H groups in total. The second kappa shape index (κ2) is 8.64. The van der Waals surface area contributed by atoms with Crippen LogP contribution in [0.1, 0.15) is 36.9 Å². The van der Waals surface area contributed by atoms with Gasteiger partial charge in [0, 0.05) is 17.1 Å². The summed E-state index contributed by atoms with van der Waals surface area (Å²) in [6, 6.07) is 18.7. The lowest BCUT2D eigenvalue weighted by atomic mass is 10.0. The van der Waals surface area contributed by atoms with Gasteiger partial charge in [-0.3, -0.25) is 4.79 Å². The Bertz CT molecular complexity index is 580. The first kappa shape index (κ1) is 16.6. The number of rotatable bonds is 7. The molecule has 22 heavy (non-hydrogen) atoms. The smallest absolute Gasteiger partial charge is 0.221 e. The molecule has 1 amide bonds. The van der Waals surface area contributed by atoms with E-state index in [1.54, 1.807) is 11.8 Å². The molecule has 0 spiro atoms. The van der Waals surface area contributed by atoms with E-state index in [0.717, 1.165) is 12.2 Å². The second-order valence-electron chi connectivity index (χ2n) is 5.35. The fourth-order valence-electron chi connectivity index (χ4n) is 2.26. The van der Waals surface area contributed by atoms with Crippen LogP contribution in [0, 0.1) is 6.92 Å². The van der Waals surface area contributed by atoms with Crippen molar-refractivity contribution in [3.63, 3.8) is 0 Å². The summed E-state index contributed by atoms with van der Waals surface area (Å²) in [5, 5.41) is 3.14. The summed E-state index contributed by atoms with van der Waals surface area (Å²) in [4.78, 5) is 13.3. The lowest BCUT2D eigenvalue weighted by Crippen LogP contribution is -2.28. The lowest BCUT2D eigenvalue weighted by molar-refractivity contribution is -0.121. The molecular weight excluding hydrogens is 290 g/mol. The summed E-state index contributed by atoms with van der Waals surface area (Å²) in [5.74, 6) is 0.927. The molecule has 0 aromatic heterocycles. The van der Waals surface area contributed by atoms with Crippen molar-refractivity contribution >= 4 is 17.7 Å². The van der Waals surface area contributed by atoms with Crippen molar-refractivity contribution in [3.05, 3.63) is 65.7 Å². The van der Waals surface area contributed by atoms with E-state index in [1.165, 1.54) is 16.0 Å². The zero-order valence-electron chi connectivity index (χ0n) is 13.2. The Morgan fingerprint density at radius 2 is 1.77 bits per heavy atom. The van der Waals surface area contributed by atoms with Crippen LogP contribution in [-0.2, 0) is 4.79 Å². The van der Waals surface area contributed by atoms with Crippen LogP contribution < -0.4 is 5.32 Å². The Hall–Kier alpha value is -1.74. The number of carbonyl (C=O) groups is 1. The molecule has 1 atom stereocenters. The predicted octanol–water partition coefficient (Wildman–Crippen LogP) is 4.74. The van der Waals surface area contributed by atoms with Crippen molar-refractivity contribution in [2.75, 3.05) is 5.75 Å². The van der Waals surface area contributed by atoms with Gasteiger partial charge in [0.2, 0.25) is 5.91 Å². The van der Waals surface area contributed by atoms with Crippen LogP contribution in [0.5, 0.6) is 0 Å². The average molecular weight is 313 g/mol. The van der Waals surface area contributed by atoms with Gasteiger partial charge in [-0.2, -0.15) is 0 Å². The maximum Gasteiger partial charge on any atom is 0.221 e. The van der Waals surface area contributed by atoms with Crippen LogP contribution in [0.3, 0.4) is 0 Å². The minimum absolute atomic E-state index is 0.106. The number of aryl methyl sites for hydroxylation is 1. The van der Waals surface area contributed by atoms with Crippen LogP contribution in [0.4, 0.5) is 0 Å². The van der Waals surface area contributed by atoms with Gasteiger partial charge in [-0.25, -0.2) is 0 Å². The molecule has 0 aliphatic heterocycles. The number of amides is 1. The topological polar surface area (TPSA) is 29.1 Å². The Morgan fingerprint density at radius 1 is 1.09 bits per heavy atom. The zero-order valence-corrected chi connectivity index (χ0v) is 14.0. The van der Waals surface area contributed by atoms with E-state index in [9.17, 15) is 4.79 Å². The highest BCUT2D eigenvalue weighted by Crippen LogP contribution is 2.19. The van der Waals surface area contributed by atoms with Crippen LogP contribution in [0.25, 0.3) is 0 Å². The van der Waals surface area contributed by atoms with Crippen molar-refractivity contribution in [1.29, 1.82) is 0 Å². The largest absolute Gasteiger partial charge is 0.349 e. The van der Waals surface area contributed by atoms with Gasteiger partial charge in [-0.05, 0) is 31.0 Å². The maximum atomic E-state index is 12.1. The number of nitrogens with one attached hydrogen (secondary N) is 1. The Balaban J connectivity index is 1.81. The quantitative estimate of drug-likeness (QED) is 0.748. The molecule has 0 unspecified atom stereocenters. The van der Waals surface area contributed by atoms with Gasteiger partial charge in [0.05, 0.1) is 6.04 Å². The monoisotopic (exact) mass is 313 g/mol. The molecule has 2 nitrogen and oxygen atoms in total. The summed E-state index contributed by atoms with van der Waals surface area (Å²) >= 11 is 1.72. The SMILES string of the molecule is CC[C@H](NC(=O)CCSc1ccccc1)c1ccc(C)cc1. The minimum Gasteiger partial charge on any atom is -0.349 e. The van der Waals surface area contributed by atoms with E-state index in [0.29, 0.717) is 6.42 Å². The van der Waals surface area contributed by atoms with Gasteiger partial charge in [0.1, 0.15) is 0 Å². The van der Waals surface area contributed by atoms with Gasteiger partial charge >= 0.3 is 0 Å². The van der Waals surface area contributed by atoms with Gasteiger partial charge in [-0.15, -0.1) is 11.8 Å². The predicted molar refractivity (Wildman–Crippen MR) is 94.1 cm³/mol. The highest BCUT2D eigenvalue weighted by molar-refractivity contribution is 7.99. The molecule has 0 aliphatic carbocycles.